The van der Waals surface area contributed by atoms with E-state index in [1.54, 1.807) is 16.4 Å². The zero-order valence-electron chi connectivity index (χ0n) is 17.4. The van der Waals surface area contributed by atoms with Crippen molar-refractivity contribution in [1.82, 2.24) is 9.62 Å². The van der Waals surface area contributed by atoms with Gasteiger partial charge in [0.2, 0.25) is 10.0 Å². The molecule has 1 aliphatic heterocycles. The standard InChI is InChI=1S/C22H33N3O3S/c1-17(22(26)23-20-9-10-20)24-13-15-25(16-14-24)29(27,28)21-11-7-19(8-12-21)18-5-3-2-4-6-18/h7-8,11-12,17-18,20H,2-6,9-10,13-16H2,1H3,(H,23,26)/p+1/t17-/m0/s1. The fraction of sp³-hybridized carbons (Fsp3) is 0.682. The molecule has 29 heavy (non-hydrogen) atoms. The van der Waals surface area contributed by atoms with Gasteiger partial charge in [-0.1, -0.05) is 31.4 Å². The lowest BCUT2D eigenvalue weighted by Gasteiger charge is -2.34. The fourth-order valence-electron chi connectivity index (χ4n) is 4.68. The van der Waals surface area contributed by atoms with Gasteiger partial charge in [-0.25, -0.2) is 8.42 Å². The number of rotatable bonds is 6. The summed E-state index contributed by atoms with van der Waals surface area (Å²) in [6, 6.07) is 7.82. The summed E-state index contributed by atoms with van der Waals surface area (Å²) in [6.07, 6.45) is 8.45. The number of amides is 1. The first-order chi connectivity index (χ1) is 13.9. The maximum atomic E-state index is 13.1. The number of nitrogens with zero attached hydrogens (tertiary/aromatic N) is 1. The highest BCUT2D eigenvalue weighted by molar-refractivity contribution is 7.89. The van der Waals surface area contributed by atoms with Gasteiger partial charge in [0, 0.05) is 6.04 Å². The lowest BCUT2D eigenvalue weighted by atomic mass is 9.84. The van der Waals surface area contributed by atoms with Crippen LogP contribution in [0.15, 0.2) is 29.2 Å². The first kappa shape index (κ1) is 20.8. The molecule has 3 aliphatic rings. The summed E-state index contributed by atoms with van der Waals surface area (Å²) in [7, 11) is -3.47. The molecule has 4 rings (SSSR count). The molecule has 1 atom stereocenters. The number of hydrogen-bond donors (Lipinski definition) is 2. The quantitative estimate of drug-likeness (QED) is 0.729. The van der Waals surface area contributed by atoms with E-state index in [9.17, 15) is 13.2 Å². The number of benzene rings is 1. The average Bonchev–Trinajstić information content (AvgIpc) is 3.58. The topological polar surface area (TPSA) is 70.9 Å². The van der Waals surface area contributed by atoms with Gasteiger partial charge < -0.3 is 10.2 Å². The molecule has 1 amide bonds. The van der Waals surface area contributed by atoms with E-state index in [1.807, 2.05) is 19.1 Å². The van der Waals surface area contributed by atoms with Crippen molar-refractivity contribution >= 4 is 15.9 Å². The number of quaternary nitrogens is 1. The van der Waals surface area contributed by atoms with Crippen LogP contribution in [0.3, 0.4) is 0 Å². The number of nitrogens with one attached hydrogen (secondary N) is 2. The van der Waals surface area contributed by atoms with Gasteiger partial charge in [0.1, 0.15) is 0 Å². The van der Waals surface area contributed by atoms with E-state index >= 15 is 0 Å². The van der Waals surface area contributed by atoms with Crippen molar-refractivity contribution in [2.24, 2.45) is 0 Å². The van der Waals surface area contributed by atoms with Gasteiger partial charge in [0.05, 0.1) is 31.1 Å². The zero-order chi connectivity index (χ0) is 20.4. The first-order valence-corrected chi connectivity index (χ1v) is 12.6. The maximum Gasteiger partial charge on any atom is 0.278 e. The summed E-state index contributed by atoms with van der Waals surface area (Å²) in [4.78, 5) is 13.8. The molecule has 160 valence electrons. The van der Waals surface area contributed by atoms with Crippen LogP contribution in [0.5, 0.6) is 0 Å². The van der Waals surface area contributed by atoms with E-state index in [0.29, 0.717) is 43.0 Å². The Balaban J connectivity index is 1.35. The van der Waals surface area contributed by atoms with Gasteiger partial charge in [-0.2, -0.15) is 4.31 Å². The van der Waals surface area contributed by atoms with Crippen LogP contribution < -0.4 is 10.2 Å². The third kappa shape index (κ3) is 4.84. The Labute approximate surface area is 174 Å². The summed E-state index contributed by atoms with van der Waals surface area (Å²) in [5.74, 6) is 0.674. The van der Waals surface area contributed by atoms with Crippen LogP contribution in [0.25, 0.3) is 0 Å². The largest absolute Gasteiger partial charge is 0.348 e. The van der Waals surface area contributed by atoms with Gasteiger partial charge in [-0.05, 0) is 56.2 Å². The molecule has 0 unspecified atom stereocenters. The van der Waals surface area contributed by atoms with Gasteiger partial charge in [-0.15, -0.1) is 0 Å². The van der Waals surface area contributed by atoms with Crippen molar-refractivity contribution in [1.29, 1.82) is 0 Å². The van der Waals surface area contributed by atoms with Gasteiger partial charge >= 0.3 is 0 Å². The minimum Gasteiger partial charge on any atom is -0.348 e. The minimum absolute atomic E-state index is 0.0945. The Morgan fingerprint density at radius 1 is 1.03 bits per heavy atom. The van der Waals surface area contributed by atoms with Crippen molar-refractivity contribution < 1.29 is 18.1 Å². The molecule has 0 radical (unpaired) electrons. The van der Waals surface area contributed by atoms with Gasteiger partial charge in [0.15, 0.2) is 6.04 Å². The summed E-state index contributed by atoms with van der Waals surface area (Å²) >= 11 is 0. The van der Waals surface area contributed by atoms with E-state index < -0.39 is 10.0 Å². The second kappa shape index (κ2) is 8.74. The molecular weight excluding hydrogens is 386 g/mol. The van der Waals surface area contributed by atoms with Crippen LogP contribution in [0.4, 0.5) is 0 Å². The Morgan fingerprint density at radius 3 is 2.24 bits per heavy atom. The third-order valence-corrected chi connectivity index (χ3v) is 8.80. The predicted molar refractivity (Wildman–Crippen MR) is 112 cm³/mol. The van der Waals surface area contributed by atoms with E-state index in [0.717, 1.165) is 12.8 Å². The number of carbonyl (C=O) groups excluding carboxylic acids is 1. The Kier molecular flexibility index (Phi) is 6.27. The summed E-state index contributed by atoms with van der Waals surface area (Å²) < 4.78 is 27.7. The lowest BCUT2D eigenvalue weighted by molar-refractivity contribution is -0.917. The molecule has 0 spiro atoms. The van der Waals surface area contributed by atoms with Crippen molar-refractivity contribution in [2.45, 2.75) is 74.8 Å². The maximum absolute atomic E-state index is 13.1. The number of piperazine rings is 1. The van der Waals surface area contributed by atoms with Crippen molar-refractivity contribution in [3.05, 3.63) is 29.8 Å². The molecule has 2 saturated carbocycles. The summed E-state index contributed by atoms with van der Waals surface area (Å²) in [5.41, 5.74) is 1.27. The van der Waals surface area contributed by atoms with E-state index in [4.69, 9.17) is 0 Å². The van der Waals surface area contributed by atoms with E-state index in [2.05, 4.69) is 5.32 Å². The molecule has 2 aliphatic carbocycles. The van der Waals surface area contributed by atoms with Crippen LogP contribution in [0, 0.1) is 0 Å². The predicted octanol–water partition coefficient (Wildman–Crippen LogP) is 1.29. The first-order valence-electron chi connectivity index (χ1n) is 11.2. The number of hydrogen-bond acceptors (Lipinski definition) is 3. The van der Waals surface area contributed by atoms with E-state index in [-0.39, 0.29) is 11.9 Å². The minimum atomic E-state index is -3.47. The van der Waals surface area contributed by atoms with Crippen LogP contribution in [-0.2, 0) is 14.8 Å². The molecule has 0 bridgehead atoms. The highest BCUT2D eigenvalue weighted by atomic mass is 32.2. The highest BCUT2D eigenvalue weighted by Crippen LogP contribution is 2.33. The fourth-order valence-corrected chi connectivity index (χ4v) is 6.12. The van der Waals surface area contributed by atoms with Crippen LogP contribution in [0.2, 0.25) is 0 Å². The average molecular weight is 421 g/mol. The second-order valence-corrected chi connectivity index (χ2v) is 10.9. The molecule has 6 nitrogen and oxygen atoms in total. The zero-order valence-corrected chi connectivity index (χ0v) is 18.2. The Hall–Kier alpha value is -1.44. The Morgan fingerprint density at radius 2 is 1.66 bits per heavy atom. The molecular formula is C22H34N3O3S+. The van der Waals surface area contributed by atoms with Crippen molar-refractivity contribution in [3.8, 4) is 0 Å². The van der Waals surface area contributed by atoms with Crippen molar-refractivity contribution in [3.63, 3.8) is 0 Å². The third-order valence-electron chi connectivity index (χ3n) is 6.89. The highest BCUT2D eigenvalue weighted by Gasteiger charge is 2.36. The molecule has 7 heteroatoms. The molecule has 0 aromatic heterocycles. The molecule has 1 saturated heterocycles. The van der Waals surface area contributed by atoms with Crippen LogP contribution >= 0.6 is 0 Å². The van der Waals surface area contributed by atoms with Crippen LogP contribution in [-0.4, -0.2) is 56.9 Å². The smallest absolute Gasteiger partial charge is 0.278 e. The lowest BCUT2D eigenvalue weighted by Crippen LogP contribution is -3.19. The van der Waals surface area contributed by atoms with Crippen LogP contribution in [0.1, 0.15) is 63.4 Å². The van der Waals surface area contributed by atoms with Gasteiger partial charge in [-0.3, -0.25) is 4.79 Å². The van der Waals surface area contributed by atoms with E-state index in [1.165, 1.54) is 42.6 Å². The molecule has 2 N–H and O–H groups in total. The monoisotopic (exact) mass is 420 g/mol. The summed E-state index contributed by atoms with van der Waals surface area (Å²) in [5, 5.41) is 3.06. The molecule has 3 fully saturated rings. The summed E-state index contributed by atoms with van der Waals surface area (Å²) in [6.45, 7) is 4.20. The second-order valence-electron chi connectivity index (χ2n) is 8.97. The SMILES string of the molecule is C[C@@H](C(=O)NC1CC1)[NH+]1CCN(S(=O)(=O)c2ccc(C3CCCCC3)cc2)CC1. The molecule has 1 heterocycles. The van der Waals surface area contributed by atoms with Crippen molar-refractivity contribution in [2.75, 3.05) is 26.2 Å². The molecule has 1 aromatic rings. The molecule has 1 aromatic carbocycles. The van der Waals surface area contributed by atoms with Gasteiger partial charge in [0.25, 0.3) is 5.91 Å². The normalized spacial score (nSPS) is 23.6. The Bertz CT molecular complexity index is 806. The number of carbonyl (C=O) groups is 1. The number of sulfonamides is 1.